The third-order valence-corrected chi connectivity index (χ3v) is 5.74. The first-order chi connectivity index (χ1) is 16.5. The Kier molecular flexibility index (Phi) is 7.19. The van der Waals surface area contributed by atoms with E-state index in [1.165, 1.54) is 0 Å². The third-order valence-electron chi connectivity index (χ3n) is 5.74. The number of benzene rings is 2. The molecule has 1 aromatic heterocycles. The summed E-state index contributed by atoms with van der Waals surface area (Å²) in [4.78, 5) is 12.6. The van der Waals surface area contributed by atoms with Gasteiger partial charge in [0.25, 0.3) is 0 Å². The fourth-order valence-electron chi connectivity index (χ4n) is 3.94. The normalized spacial score (nSPS) is 19.4. The maximum atomic E-state index is 12.6. The molecule has 1 aliphatic heterocycles. The molecular weight excluding hydrogens is 432 g/mol. The Morgan fingerprint density at radius 1 is 1.06 bits per heavy atom. The van der Waals surface area contributed by atoms with Gasteiger partial charge in [0.1, 0.15) is 48.3 Å². The van der Waals surface area contributed by atoms with Gasteiger partial charge >= 0.3 is 5.97 Å². The van der Waals surface area contributed by atoms with Crippen molar-refractivity contribution in [1.82, 2.24) is 4.57 Å². The molecule has 34 heavy (non-hydrogen) atoms. The van der Waals surface area contributed by atoms with Gasteiger partial charge in [0.05, 0.1) is 12.2 Å². The Labute approximate surface area is 199 Å². The zero-order valence-corrected chi connectivity index (χ0v) is 19.6. The molecule has 0 bridgehead atoms. The third kappa shape index (κ3) is 5.24. The van der Waals surface area contributed by atoms with Crippen molar-refractivity contribution in [3.05, 3.63) is 83.2 Å². The molecule has 0 saturated carbocycles. The topological polar surface area (TPSA) is 82.7 Å². The summed E-state index contributed by atoms with van der Waals surface area (Å²) in [6.45, 7) is 6.26. The second-order valence-electron chi connectivity index (χ2n) is 8.28. The van der Waals surface area contributed by atoms with E-state index >= 15 is 0 Å². The van der Waals surface area contributed by atoms with Crippen molar-refractivity contribution in [3.63, 3.8) is 0 Å². The Balaban J connectivity index is 1.57. The number of carbonyl (C=O) groups excluding carboxylic acids is 1. The van der Waals surface area contributed by atoms with E-state index in [9.17, 15) is 10.1 Å². The quantitative estimate of drug-likeness (QED) is 0.442. The number of esters is 1. The van der Waals surface area contributed by atoms with Gasteiger partial charge in [-0.25, -0.2) is 4.79 Å². The number of hydrogen-bond acceptors (Lipinski definition) is 6. The molecule has 3 aromatic rings. The molecule has 1 fully saturated rings. The smallest absolute Gasteiger partial charge is 0.356 e. The molecule has 3 atom stereocenters. The van der Waals surface area contributed by atoms with Crippen LogP contribution in [0.25, 0.3) is 0 Å². The number of nitrogens with zero attached hydrogens (tertiary/aromatic N) is 2. The van der Waals surface area contributed by atoms with Gasteiger partial charge in [-0.2, -0.15) is 5.26 Å². The number of aromatic nitrogens is 1. The first kappa shape index (κ1) is 23.4. The Hall–Kier alpha value is -3.76. The molecule has 7 nitrogen and oxygen atoms in total. The number of aryl methyl sites for hydroxylation is 2. The van der Waals surface area contributed by atoms with E-state index in [-0.39, 0.29) is 30.6 Å². The maximum absolute atomic E-state index is 12.6. The minimum atomic E-state index is -0.553. The van der Waals surface area contributed by atoms with Crippen LogP contribution in [0.3, 0.4) is 0 Å². The van der Waals surface area contributed by atoms with Crippen molar-refractivity contribution in [2.75, 3.05) is 13.2 Å². The number of nitriles is 1. The molecule has 0 spiro atoms. The zero-order valence-electron chi connectivity index (χ0n) is 19.6. The Morgan fingerprint density at radius 3 is 2.32 bits per heavy atom. The van der Waals surface area contributed by atoms with Crippen LogP contribution in [0.4, 0.5) is 0 Å². The van der Waals surface area contributed by atoms with Crippen LogP contribution < -0.4 is 9.47 Å². The Morgan fingerprint density at radius 2 is 1.71 bits per heavy atom. The van der Waals surface area contributed by atoms with Gasteiger partial charge in [-0.1, -0.05) is 35.4 Å². The first-order valence-electron chi connectivity index (χ1n) is 11.3. The van der Waals surface area contributed by atoms with Crippen LogP contribution in [-0.2, 0) is 9.47 Å². The minimum absolute atomic E-state index is 0.184. The zero-order chi connectivity index (χ0) is 24.1. The van der Waals surface area contributed by atoms with Crippen LogP contribution in [0.5, 0.6) is 11.5 Å². The lowest BCUT2D eigenvalue weighted by molar-refractivity contribution is -0.0365. The van der Waals surface area contributed by atoms with Crippen LogP contribution >= 0.6 is 0 Å². The molecule has 0 unspecified atom stereocenters. The summed E-state index contributed by atoms with van der Waals surface area (Å²) in [7, 11) is 0. The van der Waals surface area contributed by atoms with Gasteiger partial charge in [-0.3, -0.25) is 0 Å². The van der Waals surface area contributed by atoms with Gasteiger partial charge in [-0.05, 0) is 51.1 Å². The minimum Gasteiger partial charge on any atom is -0.491 e. The van der Waals surface area contributed by atoms with Gasteiger partial charge in [0.2, 0.25) is 0 Å². The highest BCUT2D eigenvalue weighted by Crippen LogP contribution is 2.34. The van der Waals surface area contributed by atoms with Crippen LogP contribution in [0.2, 0.25) is 0 Å². The molecular formula is C27H28N2O5. The number of ether oxygens (including phenoxy) is 4. The van der Waals surface area contributed by atoms with E-state index in [0.29, 0.717) is 6.42 Å². The van der Waals surface area contributed by atoms with Crippen LogP contribution in [0, 0.1) is 25.2 Å². The van der Waals surface area contributed by atoms with Crippen molar-refractivity contribution < 1.29 is 23.7 Å². The monoisotopic (exact) mass is 460 g/mol. The standard InChI is InChI=1S/C27H28N2O5/c1-4-31-27(30)26-20(16-28)13-14-29(26)25-15-23(33-22-11-7-19(3)8-12-22)24(34-25)17-32-21-9-5-18(2)6-10-21/h5-14,23-25H,4,15,17H2,1-3H3/t23-,24+,25+/m0/s1. The second kappa shape index (κ2) is 10.4. The SMILES string of the molecule is CCOC(=O)c1c(C#N)ccn1[C@H]1C[C@H](Oc2ccc(C)cc2)[C@@H](COc2ccc(C)cc2)O1. The lowest BCUT2D eigenvalue weighted by Gasteiger charge is -2.20. The highest BCUT2D eigenvalue weighted by molar-refractivity contribution is 5.90. The lowest BCUT2D eigenvalue weighted by Crippen LogP contribution is -2.32. The average molecular weight is 461 g/mol. The number of hydrogen-bond donors (Lipinski definition) is 0. The summed E-state index contributed by atoms with van der Waals surface area (Å²) in [5.41, 5.74) is 2.72. The average Bonchev–Trinajstić information content (AvgIpc) is 3.44. The van der Waals surface area contributed by atoms with Crippen molar-refractivity contribution in [3.8, 4) is 17.6 Å². The van der Waals surface area contributed by atoms with Gasteiger partial charge in [0.15, 0.2) is 0 Å². The Bertz CT molecular complexity index is 1160. The van der Waals surface area contributed by atoms with Crippen molar-refractivity contribution in [2.45, 2.75) is 45.6 Å². The highest BCUT2D eigenvalue weighted by Gasteiger charge is 2.40. The summed E-state index contributed by atoms with van der Waals surface area (Å²) < 4.78 is 25.5. The molecule has 7 heteroatoms. The van der Waals surface area contributed by atoms with E-state index < -0.39 is 18.3 Å². The molecule has 0 radical (unpaired) electrons. The molecule has 0 aliphatic carbocycles. The van der Waals surface area contributed by atoms with E-state index in [2.05, 4.69) is 6.07 Å². The predicted molar refractivity (Wildman–Crippen MR) is 126 cm³/mol. The molecule has 176 valence electrons. The molecule has 4 rings (SSSR count). The van der Waals surface area contributed by atoms with Crippen molar-refractivity contribution in [1.29, 1.82) is 5.26 Å². The van der Waals surface area contributed by atoms with Gasteiger partial charge < -0.3 is 23.5 Å². The van der Waals surface area contributed by atoms with E-state index in [1.54, 1.807) is 23.8 Å². The largest absolute Gasteiger partial charge is 0.491 e. The van der Waals surface area contributed by atoms with Crippen molar-refractivity contribution >= 4 is 5.97 Å². The maximum Gasteiger partial charge on any atom is 0.356 e. The molecule has 0 N–H and O–H groups in total. The van der Waals surface area contributed by atoms with Crippen LogP contribution in [0.15, 0.2) is 60.8 Å². The van der Waals surface area contributed by atoms with Gasteiger partial charge in [0, 0.05) is 12.6 Å². The summed E-state index contributed by atoms with van der Waals surface area (Å²) in [5, 5.41) is 9.49. The molecule has 0 amide bonds. The molecule has 1 saturated heterocycles. The molecule has 2 aromatic carbocycles. The highest BCUT2D eigenvalue weighted by atomic mass is 16.6. The van der Waals surface area contributed by atoms with Crippen LogP contribution in [-0.4, -0.2) is 36.0 Å². The van der Waals surface area contributed by atoms with Gasteiger partial charge in [-0.15, -0.1) is 0 Å². The summed E-state index contributed by atoms with van der Waals surface area (Å²) in [6, 6.07) is 19.3. The van der Waals surface area contributed by atoms with E-state index in [4.69, 9.17) is 18.9 Å². The lowest BCUT2D eigenvalue weighted by atomic mass is 10.1. The molecule has 1 aliphatic rings. The fourth-order valence-corrected chi connectivity index (χ4v) is 3.94. The second-order valence-corrected chi connectivity index (χ2v) is 8.28. The number of carbonyl (C=O) groups is 1. The van der Waals surface area contributed by atoms with Crippen molar-refractivity contribution in [2.24, 2.45) is 0 Å². The molecule has 2 heterocycles. The van der Waals surface area contributed by atoms with Crippen LogP contribution in [0.1, 0.15) is 46.8 Å². The summed E-state index contributed by atoms with van der Waals surface area (Å²) in [6.07, 6.45) is 0.934. The summed E-state index contributed by atoms with van der Waals surface area (Å²) in [5.74, 6) is 0.922. The first-order valence-corrected chi connectivity index (χ1v) is 11.3. The van der Waals surface area contributed by atoms with E-state index in [0.717, 1.165) is 22.6 Å². The predicted octanol–water partition coefficient (Wildman–Crippen LogP) is 4.97. The summed E-state index contributed by atoms with van der Waals surface area (Å²) >= 11 is 0. The van der Waals surface area contributed by atoms with E-state index in [1.807, 2.05) is 62.4 Å². The fraction of sp³-hybridized carbons (Fsp3) is 0.333. The number of rotatable bonds is 8.